The van der Waals surface area contributed by atoms with E-state index in [2.05, 4.69) is 10.6 Å². The average Bonchev–Trinajstić information content (AvgIpc) is 2.68. The molecule has 2 amide bonds. The molecule has 1 aromatic carbocycles. The molecule has 164 valence electrons. The zero-order valence-electron chi connectivity index (χ0n) is 16.1. The summed E-state index contributed by atoms with van der Waals surface area (Å²) in [6, 6.07) is 5.00. The highest BCUT2D eigenvalue weighted by atomic mass is 16.4. The Morgan fingerprint density at radius 1 is 0.800 bits per heavy atom. The molecule has 0 fully saturated rings. The van der Waals surface area contributed by atoms with E-state index in [0.29, 0.717) is 0 Å². The van der Waals surface area contributed by atoms with E-state index >= 15 is 0 Å². The summed E-state index contributed by atoms with van der Waals surface area (Å²) in [5.41, 5.74) is 6.65. The van der Waals surface area contributed by atoms with Gasteiger partial charge in [-0.1, -0.05) is 30.3 Å². The number of rotatable bonds is 13. The van der Waals surface area contributed by atoms with Gasteiger partial charge in [-0.2, -0.15) is 0 Å². The average molecular weight is 423 g/mol. The van der Waals surface area contributed by atoms with Crippen molar-refractivity contribution in [3.8, 4) is 0 Å². The van der Waals surface area contributed by atoms with Gasteiger partial charge < -0.3 is 31.7 Å². The fourth-order valence-corrected chi connectivity index (χ4v) is 2.57. The van der Waals surface area contributed by atoms with E-state index in [1.807, 2.05) is 0 Å². The fourth-order valence-electron chi connectivity index (χ4n) is 2.57. The Balaban J connectivity index is 2.81. The van der Waals surface area contributed by atoms with E-state index in [1.165, 1.54) is 0 Å². The number of carbonyl (C=O) groups is 5. The van der Waals surface area contributed by atoms with Crippen molar-refractivity contribution in [3.05, 3.63) is 35.9 Å². The third kappa shape index (κ3) is 9.15. The predicted molar refractivity (Wildman–Crippen MR) is 103 cm³/mol. The van der Waals surface area contributed by atoms with Gasteiger partial charge in [0.15, 0.2) is 0 Å². The highest BCUT2D eigenvalue weighted by Gasteiger charge is 2.28. The molecule has 1 rings (SSSR count). The molecule has 0 aliphatic rings. The molecule has 0 saturated carbocycles. The van der Waals surface area contributed by atoms with Gasteiger partial charge in [0, 0.05) is 12.8 Å². The lowest BCUT2D eigenvalue weighted by molar-refractivity contribution is -0.144. The molecule has 3 atom stereocenters. The molecule has 0 aliphatic carbocycles. The van der Waals surface area contributed by atoms with Crippen LogP contribution in [0, 0.1) is 0 Å². The Hall–Kier alpha value is -3.47. The van der Waals surface area contributed by atoms with Crippen LogP contribution >= 0.6 is 0 Å². The van der Waals surface area contributed by atoms with Gasteiger partial charge in [0.1, 0.15) is 12.1 Å². The molecule has 30 heavy (non-hydrogen) atoms. The molecule has 0 bridgehead atoms. The zero-order valence-corrected chi connectivity index (χ0v) is 16.1. The molecule has 1 aromatic rings. The van der Waals surface area contributed by atoms with E-state index in [9.17, 15) is 24.0 Å². The summed E-state index contributed by atoms with van der Waals surface area (Å²) < 4.78 is 0. The topological polar surface area (TPSA) is 196 Å². The third-order valence-corrected chi connectivity index (χ3v) is 4.18. The Bertz CT molecular complexity index is 768. The Morgan fingerprint density at radius 2 is 1.30 bits per heavy atom. The van der Waals surface area contributed by atoms with Crippen LogP contribution in [0.1, 0.15) is 31.2 Å². The number of hydrogen-bond acceptors (Lipinski definition) is 6. The maximum Gasteiger partial charge on any atom is 0.326 e. The molecule has 11 nitrogen and oxygen atoms in total. The Kier molecular flexibility index (Phi) is 9.97. The van der Waals surface area contributed by atoms with Crippen molar-refractivity contribution in [3.63, 3.8) is 0 Å². The van der Waals surface area contributed by atoms with Crippen LogP contribution < -0.4 is 16.4 Å². The second kappa shape index (κ2) is 12.2. The van der Waals surface area contributed by atoms with Gasteiger partial charge in [-0.3, -0.25) is 19.2 Å². The lowest BCUT2D eigenvalue weighted by atomic mass is 10.0. The normalized spacial score (nSPS) is 13.5. The van der Waals surface area contributed by atoms with Crippen LogP contribution in [0.3, 0.4) is 0 Å². The number of nitrogens with one attached hydrogen (secondary N) is 2. The van der Waals surface area contributed by atoms with Gasteiger partial charge in [0.05, 0.1) is 6.04 Å². The molecule has 0 radical (unpaired) electrons. The van der Waals surface area contributed by atoms with Crippen molar-refractivity contribution in [2.45, 2.75) is 50.2 Å². The lowest BCUT2D eigenvalue weighted by Gasteiger charge is -2.22. The number of aliphatic carboxylic acids is 3. The van der Waals surface area contributed by atoms with E-state index in [-0.39, 0.29) is 19.3 Å². The van der Waals surface area contributed by atoms with E-state index < -0.39 is 60.7 Å². The monoisotopic (exact) mass is 423 g/mol. The van der Waals surface area contributed by atoms with Crippen molar-refractivity contribution in [2.24, 2.45) is 5.73 Å². The van der Waals surface area contributed by atoms with Crippen LogP contribution in [0.4, 0.5) is 0 Å². The van der Waals surface area contributed by atoms with Gasteiger partial charge in [0.25, 0.3) is 0 Å². The highest BCUT2D eigenvalue weighted by Crippen LogP contribution is 2.05. The number of hydrogen-bond donors (Lipinski definition) is 6. The standard InChI is InChI=1S/C19H25N3O8/c20-12(10-11-4-2-1-3-5-11)17(27)21-13(6-8-15(23)24)18(28)22-14(19(29)30)7-9-16(25)26/h1-5,12-14H,6-10,20H2,(H,21,27)(H,22,28)(H,23,24)(H,25,26)(H,29,30)/t12-,13+,14+/m1/s1. The number of benzene rings is 1. The number of nitrogens with two attached hydrogens (primary N) is 1. The summed E-state index contributed by atoms with van der Waals surface area (Å²) in [5.74, 6) is -5.54. The van der Waals surface area contributed by atoms with Crippen LogP contribution in [0.2, 0.25) is 0 Å². The van der Waals surface area contributed by atoms with Crippen LogP contribution in [0.25, 0.3) is 0 Å². The third-order valence-electron chi connectivity index (χ3n) is 4.18. The number of carboxylic acid groups (broad SMARTS) is 3. The van der Waals surface area contributed by atoms with E-state index in [4.69, 9.17) is 21.1 Å². The second-order valence-electron chi connectivity index (χ2n) is 6.62. The molecular weight excluding hydrogens is 398 g/mol. The first-order valence-corrected chi connectivity index (χ1v) is 9.16. The first-order chi connectivity index (χ1) is 14.1. The first-order valence-electron chi connectivity index (χ1n) is 9.16. The van der Waals surface area contributed by atoms with Gasteiger partial charge in [-0.15, -0.1) is 0 Å². The SMILES string of the molecule is N[C@H](Cc1ccccc1)C(=O)N[C@@H](CCC(=O)O)C(=O)N[C@@H](CCC(=O)O)C(=O)O. The first kappa shape index (κ1) is 24.6. The largest absolute Gasteiger partial charge is 0.481 e. The van der Waals surface area contributed by atoms with Crippen molar-refractivity contribution in [1.29, 1.82) is 0 Å². The van der Waals surface area contributed by atoms with Crippen molar-refractivity contribution >= 4 is 29.7 Å². The van der Waals surface area contributed by atoms with Crippen LogP contribution in [-0.4, -0.2) is 63.2 Å². The predicted octanol–water partition coefficient (Wildman–Crippen LogP) is -0.660. The second-order valence-corrected chi connectivity index (χ2v) is 6.62. The molecule has 0 heterocycles. The molecule has 0 aromatic heterocycles. The minimum atomic E-state index is -1.50. The summed E-state index contributed by atoms with van der Waals surface area (Å²) >= 11 is 0. The molecule has 0 spiro atoms. The van der Waals surface area contributed by atoms with Gasteiger partial charge >= 0.3 is 17.9 Å². The summed E-state index contributed by atoms with van der Waals surface area (Å²) in [7, 11) is 0. The molecule has 0 aliphatic heterocycles. The maximum atomic E-state index is 12.5. The number of carbonyl (C=O) groups excluding carboxylic acids is 2. The minimum Gasteiger partial charge on any atom is -0.481 e. The summed E-state index contributed by atoms with van der Waals surface area (Å²) in [4.78, 5) is 57.6. The van der Waals surface area contributed by atoms with Gasteiger partial charge in [0.2, 0.25) is 11.8 Å². The van der Waals surface area contributed by atoms with Crippen molar-refractivity contribution < 1.29 is 39.3 Å². The number of carboxylic acids is 3. The molecular formula is C19H25N3O8. The minimum absolute atomic E-state index is 0.177. The molecule has 0 saturated heterocycles. The van der Waals surface area contributed by atoms with E-state index in [1.54, 1.807) is 30.3 Å². The highest BCUT2D eigenvalue weighted by molar-refractivity contribution is 5.92. The fraction of sp³-hybridized carbons (Fsp3) is 0.421. The van der Waals surface area contributed by atoms with Crippen LogP contribution in [-0.2, 0) is 30.4 Å². The Morgan fingerprint density at radius 3 is 1.80 bits per heavy atom. The zero-order chi connectivity index (χ0) is 22.7. The smallest absolute Gasteiger partial charge is 0.326 e. The van der Waals surface area contributed by atoms with Crippen molar-refractivity contribution in [1.82, 2.24) is 10.6 Å². The number of amides is 2. The molecule has 0 unspecified atom stereocenters. The Labute approximate surface area is 172 Å². The summed E-state index contributed by atoms with van der Waals surface area (Å²) in [5, 5.41) is 31.2. The maximum absolute atomic E-state index is 12.5. The van der Waals surface area contributed by atoms with E-state index in [0.717, 1.165) is 5.56 Å². The van der Waals surface area contributed by atoms with Gasteiger partial charge in [-0.25, -0.2) is 4.79 Å². The summed E-state index contributed by atoms with van der Waals surface area (Å²) in [6.07, 6.45) is -1.44. The van der Waals surface area contributed by atoms with Crippen LogP contribution in [0.15, 0.2) is 30.3 Å². The molecule has 11 heteroatoms. The summed E-state index contributed by atoms with van der Waals surface area (Å²) in [6.45, 7) is 0. The van der Waals surface area contributed by atoms with Gasteiger partial charge in [-0.05, 0) is 24.8 Å². The van der Waals surface area contributed by atoms with Crippen LogP contribution in [0.5, 0.6) is 0 Å². The van der Waals surface area contributed by atoms with Crippen molar-refractivity contribution in [2.75, 3.05) is 0 Å². The lowest BCUT2D eigenvalue weighted by Crippen LogP contribution is -2.54. The molecule has 7 N–H and O–H groups in total. The quantitative estimate of drug-likeness (QED) is 0.238.